The molecule has 138 valence electrons. The van der Waals surface area contributed by atoms with Crippen LogP contribution < -0.4 is 9.64 Å². The number of aromatic nitrogens is 2. The third-order valence-electron chi connectivity index (χ3n) is 4.50. The molecule has 1 aromatic carbocycles. The third-order valence-corrected chi connectivity index (χ3v) is 4.50. The smallest absolute Gasteiger partial charge is 0.224 e. The van der Waals surface area contributed by atoms with Crippen molar-refractivity contribution in [2.24, 2.45) is 0 Å². The molecule has 2 aromatic rings. The molecule has 1 saturated heterocycles. The summed E-state index contributed by atoms with van der Waals surface area (Å²) in [5.74, 6) is 0.869. The zero-order chi connectivity index (χ0) is 18.7. The molecule has 0 saturated carbocycles. The van der Waals surface area contributed by atoms with Crippen LogP contribution in [0.1, 0.15) is 25.8 Å². The molecule has 0 aliphatic carbocycles. The van der Waals surface area contributed by atoms with Gasteiger partial charge in [-0.2, -0.15) is 0 Å². The Morgan fingerprint density at radius 2 is 2.12 bits per heavy atom. The van der Waals surface area contributed by atoms with E-state index < -0.39 is 5.82 Å². The lowest BCUT2D eigenvalue weighted by molar-refractivity contribution is -0.133. The van der Waals surface area contributed by atoms with E-state index in [9.17, 15) is 9.18 Å². The molecule has 1 aliphatic heterocycles. The van der Waals surface area contributed by atoms with Crippen LogP contribution in [-0.4, -0.2) is 46.5 Å². The third kappa shape index (κ3) is 3.92. The average molecular weight is 358 g/mol. The highest BCUT2D eigenvalue weighted by molar-refractivity contribution is 5.76. The number of aryl methyl sites for hydroxylation is 1. The number of ether oxygens (including phenoxy) is 1. The molecule has 1 amide bonds. The summed E-state index contributed by atoms with van der Waals surface area (Å²) in [4.78, 5) is 24.3. The van der Waals surface area contributed by atoms with Crippen molar-refractivity contribution >= 4 is 11.7 Å². The fourth-order valence-corrected chi connectivity index (χ4v) is 3.10. The van der Waals surface area contributed by atoms with Gasteiger partial charge in [0.05, 0.1) is 0 Å². The molecule has 1 fully saturated rings. The highest BCUT2D eigenvalue weighted by atomic mass is 19.1. The first-order valence-electron chi connectivity index (χ1n) is 8.78. The van der Waals surface area contributed by atoms with Gasteiger partial charge >= 0.3 is 0 Å². The lowest BCUT2D eigenvalue weighted by atomic mass is 10.1. The van der Waals surface area contributed by atoms with Crippen LogP contribution in [-0.2, 0) is 4.79 Å². The average Bonchev–Trinajstić information content (AvgIpc) is 2.64. The maximum absolute atomic E-state index is 13.9. The summed E-state index contributed by atoms with van der Waals surface area (Å²) in [5, 5.41) is 0. The zero-order valence-corrected chi connectivity index (χ0v) is 15.3. The number of anilines is 1. The maximum atomic E-state index is 13.9. The molecule has 1 aliphatic rings. The number of carbonyl (C=O) groups is 1. The van der Waals surface area contributed by atoms with Gasteiger partial charge in [-0.1, -0.05) is 13.0 Å². The second-order valence-corrected chi connectivity index (χ2v) is 6.49. The van der Waals surface area contributed by atoms with Crippen molar-refractivity contribution in [2.45, 2.75) is 33.2 Å². The number of benzene rings is 1. The molecular weight excluding hydrogens is 335 g/mol. The lowest BCUT2D eigenvalue weighted by Crippen LogP contribution is -2.54. The quantitative estimate of drug-likeness (QED) is 0.840. The van der Waals surface area contributed by atoms with E-state index in [0.717, 1.165) is 5.56 Å². The number of nitrogens with zero attached hydrogens (tertiary/aromatic N) is 4. The minimum absolute atomic E-state index is 0.102. The second-order valence-electron chi connectivity index (χ2n) is 6.49. The Labute approximate surface area is 152 Å². The fraction of sp³-hybridized carbons (Fsp3) is 0.421. The van der Waals surface area contributed by atoms with Crippen LogP contribution >= 0.6 is 0 Å². The summed E-state index contributed by atoms with van der Waals surface area (Å²) < 4.78 is 19.5. The first-order valence-corrected chi connectivity index (χ1v) is 8.78. The molecule has 0 bridgehead atoms. The highest BCUT2D eigenvalue weighted by Crippen LogP contribution is 2.26. The van der Waals surface area contributed by atoms with Crippen LogP contribution in [0.15, 0.2) is 30.6 Å². The molecular formula is C19H23FN4O2. The van der Waals surface area contributed by atoms with Gasteiger partial charge in [-0.3, -0.25) is 4.79 Å². The fourth-order valence-electron chi connectivity index (χ4n) is 3.10. The first-order chi connectivity index (χ1) is 12.5. The Morgan fingerprint density at radius 3 is 2.85 bits per heavy atom. The van der Waals surface area contributed by atoms with Crippen molar-refractivity contribution in [3.05, 3.63) is 42.0 Å². The molecule has 0 spiro atoms. The van der Waals surface area contributed by atoms with Crippen molar-refractivity contribution in [3.63, 3.8) is 0 Å². The molecule has 26 heavy (non-hydrogen) atoms. The molecule has 3 rings (SSSR count). The highest BCUT2D eigenvalue weighted by Gasteiger charge is 2.27. The molecule has 0 radical (unpaired) electrons. The van der Waals surface area contributed by atoms with Crippen LogP contribution in [0, 0.1) is 12.7 Å². The van der Waals surface area contributed by atoms with Crippen molar-refractivity contribution in [1.29, 1.82) is 0 Å². The van der Waals surface area contributed by atoms with E-state index in [-0.39, 0.29) is 17.7 Å². The lowest BCUT2D eigenvalue weighted by Gasteiger charge is -2.40. The molecule has 7 heteroatoms. The SMILES string of the molecule is CCC(=O)N1CCN(c2cc(Oc3cc(C)ccc3F)ncn2)C[C@@H]1C. The van der Waals surface area contributed by atoms with Gasteiger partial charge in [0.25, 0.3) is 0 Å². The van der Waals surface area contributed by atoms with Gasteiger partial charge in [-0.25, -0.2) is 14.4 Å². The summed E-state index contributed by atoms with van der Waals surface area (Å²) >= 11 is 0. The number of amides is 1. The van der Waals surface area contributed by atoms with Crippen molar-refractivity contribution < 1.29 is 13.9 Å². The predicted octanol–water partition coefficient (Wildman–Crippen LogP) is 3.16. The van der Waals surface area contributed by atoms with E-state index in [1.165, 1.54) is 12.4 Å². The number of piperazine rings is 1. The van der Waals surface area contributed by atoms with Gasteiger partial charge in [-0.05, 0) is 31.5 Å². The Bertz CT molecular complexity index is 799. The van der Waals surface area contributed by atoms with E-state index in [2.05, 4.69) is 14.9 Å². The van der Waals surface area contributed by atoms with Gasteiger partial charge in [0, 0.05) is 38.2 Å². The first kappa shape index (κ1) is 18.1. The van der Waals surface area contributed by atoms with Gasteiger partial charge in [0.2, 0.25) is 11.8 Å². The largest absolute Gasteiger partial charge is 0.436 e. The molecule has 0 unspecified atom stereocenters. The van der Waals surface area contributed by atoms with Crippen molar-refractivity contribution in [1.82, 2.24) is 14.9 Å². The van der Waals surface area contributed by atoms with E-state index in [0.29, 0.717) is 37.8 Å². The molecule has 1 aromatic heterocycles. The van der Waals surface area contributed by atoms with Crippen LogP contribution in [0.5, 0.6) is 11.6 Å². The van der Waals surface area contributed by atoms with Gasteiger partial charge in [0.1, 0.15) is 12.1 Å². The molecule has 6 nitrogen and oxygen atoms in total. The Balaban J connectivity index is 1.74. The number of halogens is 1. The van der Waals surface area contributed by atoms with Crippen molar-refractivity contribution in [2.75, 3.05) is 24.5 Å². The number of carbonyl (C=O) groups excluding carboxylic acids is 1. The van der Waals surface area contributed by atoms with E-state index >= 15 is 0 Å². The number of rotatable bonds is 4. The monoisotopic (exact) mass is 358 g/mol. The minimum atomic E-state index is -0.434. The number of hydrogen-bond donors (Lipinski definition) is 0. The summed E-state index contributed by atoms with van der Waals surface area (Å²) in [7, 11) is 0. The normalized spacial score (nSPS) is 17.3. The minimum Gasteiger partial charge on any atom is -0.436 e. The summed E-state index contributed by atoms with van der Waals surface area (Å²) in [6.45, 7) is 7.80. The Morgan fingerprint density at radius 1 is 1.31 bits per heavy atom. The molecule has 1 atom stereocenters. The molecule has 2 heterocycles. The Kier molecular flexibility index (Phi) is 5.35. The zero-order valence-electron chi connectivity index (χ0n) is 15.3. The number of hydrogen-bond acceptors (Lipinski definition) is 5. The van der Waals surface area contributed by atoms with Crippen LogP contribution in [0.4, 0.5) is 10.2 Å². The van der Waals surface area contributed by atoms with Gasteiger partial charge in [0.15, 0.2) is 11.6 Å². The van der Waals surface area contributed by atoms with E-state index in [4.69, 9.17) is 4.74 Å². The Hall–Kier alpha value is -2.70. The maximum Gasteiger partial charge on any atom is 0.224 e. The van der Waals surface area contributed by atoms with Crippen LogP contribution in [0.3, 0.4) is 0 Å². The van der Waals surface area contributed by atoms with Crippen LogP contribution in [0.25, 0.3) is 0 Å². The predicted molar refractivity (Wildman–Crippen MR) is 96.9 cm³/mol. The topological polar surface area (TPSA) is 58.6 Å². The molecule has 0 N–H and O–H groups in total. The van der Waals surface area contributed by atoms with E-state index in [1.807, 2.05) is 25.7 Å². The second kappa shape index (κ2) is 7.68. The van der Waals surface area contributed by atoms with Crippen LogP contribution in [0.2, 0.25) is 0 Å². The summed E-state index contributed by atoms with van der Waals surface area (Å²) in [6.07, 6.45) is 1.92. The summed E-state index contributed by atoms with van der Waals surface area (Å²) in [6, 6.07) is 6.50. The van der Waals surface area contributed by atoms with Crippen molar-refractivity contribution in [3.8, 4) is 11.6 Å². The standard InChI is InChI=1S/C19H23FN4O2/c1-4-19(25)24-8-7-23(11-14(24)3)17-10-18(22-12-21-17)26-16-9-13(2)5-6-15(16)20/h5-6,9-10,12,14H,4,7-8,11H2,1-3H3/t14-/m0/s1. The summed E-state index contributed by atoms with van der Waals surface area (Å²) in [5.41, 5.74) is 0.904. The van der Waals surface area contributed by atoms with E-state index in [1.54, 1.807) is 18.2 Å². The van der Waals surface area contributed by atoms with Gasteiger partial charge < -0.3 is 14.5 Å². The van der Waals surface area contributed by atoms with Gasteiger partial charge in [-0.15, -0.1) is 0 Å².